The van der Waals surface area contributed by atoms with Crippen LogP contribution in [-0.4, -0.2) is 20.6 Å². The molecule has 1 heterocycles. The maximum absolute atomic E-state index is 6.02. The van der Waals surface area contributed by atoms with Crippen molar-refractivity contribution >= 4 is 23.2 Å². The van der Waals surface area contributed by atoms with Crippen molar-refractivity contribution in [2.75, 3.05) is 0 Å². The molecule has 5 nitrogen and oxygen atoms in total. The number of aromatic nitrogens is 4. The summed E-state index contributed by atoms with van der Waals surface area (Å²) in [5, 5.41) is 17.9. The van der Waals surface area contributed by atoms with Gasteiger partial charge < -0.3 is 5.32 Å². The molecular formula is C9H9Cl2N5. The number of tetrazole rings is 1. The van der Waals surface area contributed by atoms with Gasteiger partial charge in [-0.25, -0.2) is 0 Å². The Hall–Kier alpha value is -1.17. The number of nitrogens with zero attached hydrogens (tertiary/aromatic N) is 3. The minimum Gasteiger partial charge on any atom is -0.306 e. The van der Waals surface area contributed by atoms with E-state index >= 15 is 0 Å². The van der Waals surface area contributed by atoms with Gasteiger partial charge in [-0.3, -0.25) is 0 Å². The van der Waals surface area contributed by atoms with Crippen LogP contribution in [0.2, 0.25) is 10.0 Å². The van der Waals surface area contributed by atoms with Crippen LogP contribution in [0, 0.1) is 0 Å². The third kappa shape index (κ3) is 2.91. The molecule has 2 rings (SSSR count). The second-order valence-electron chi connectivity index (χ2n) is 3.17. The number of H-pyrrole nitrogens is 1. The minimum absolute atomic E-state index is 0.537. The summed E-state index contributed by atoms with van der Waals surface area (Å²) in [4.78, 5) is 0. The fourth-order valence-electron chi connectivity index (χ4n) is 1.23. The monoisotopic (exact) mass is 257 g/mol. The summed E-state index contributed by atoms with van der Waals surface area (Å²) in [6.07, 6.45) is 0. The van der Waals surface area contributed by atoms with Crippen LogP contribution in [0.15, 0.2) is 18.2 Å². The fourth-order valence-corrected chi connectivity index (χ4v) is 1.71. The molecule has 84 valence electrons. The summed E-state index contributed by atoms with van der Waals surface area (Å²) in [5.41, 5.74) is 0.981. The molecule has 0 unspecified atom stereocenters. The zero-order valence-electron chi connectivity index (χ0n) is 8.24. The zero-order valence-corrected chi connectivity index (χ0v) is 9.76. The average Bonchev–Trinajstić information content (AvgIpc) is 2.74. The summed E-state index contributed by atoms with van der Waals surface area (Å²) in [5.74, 6) is 0.616. The summed E-state index contributed by atoms with van der Waals surface area (Å²) in [6.45, 7) is 1.17. The molecule has 0 saturated heterocycles. The van der Waals surface area contributed by atoms with E-state index in [-0.39, 0.29) is 0 Å². The third-order valence-electron chi connectivity index (χ3n) is 2.00. The van der Waals surface area contributed by atoms with E-state index in [0.29, 0.717) is 29.0 Å². The predicted molar refractivity (Wildman–Crippen MR) is 61.2 cm³/mol. The molecule has 0 aliphatic carbocycles. The first-order valence-electron chi connectivity index (χ1n) is 4.62. The van der Waals surface area contributed by atoms with Gasteiger partial charge in [0.1, 0.15) is 0 Å². The number of hydrogen-bond acceptors (Lipinski definition) is 4. The Labute approximate surface area is 102 Å². The molecular weight excluding hydrogens is 249 g/mol. The summed E-state index contributed by atoms with van der Waals surface area (Å²) in [6, 6.07) is 5.40. The lowest BCUT2D eigenvalue weighted by molar-refractivity contribution is 0.663. The Morgan fingerprint density at radius 3 is 2.81 bits per heavy atom. The van der Waals surface area contributed by atoms with E-state index in [9.17, 15) is 0 Å². The van der Waals surface area contributed by atoms with Gasteiger partial charge in [0.2, 0.25) is 0 Å². The lowest BCUT2D eigenvalue weighted by Crippen LogP contribution is -2.14. The Kier molecular flexibility index (Phi) is 3.71. The van der Waals surface area contributed by atoms with Gasteiger partial charge in [0, 0.05) is 16.6 Å². The molecule has 1 aromatic heterocycles. The van der Waals surface area contributed by atoms with Crippen LogP contribution in [0.3, 0.4) is 0 Å². The molecule has 2 N–H and O–H groups in total. The van der Waals surface area contributed by atoms with Crippen molar-refractivity contribution in [3.63, 3.8) is 0 Å². The van der Waals surface area contributed by atoms with Crippen LogP contribution in [0.25, 0.3) is 0 Å². The SMILES string of the molecule is Clc1ccc(CNCc2nn[nH]n2)c(Cl)c1. The van der Waals surface area contributed by atoms with Crippen molar-refractivity contribution < 1.29 is 0 Å². The highest BCUT2D eigenvalue weighted by atomic mass is 35.5. The number of nitrogens with one attached hydrogen (secondary N) is 2. The highest BCUT2D eigenvalue weighted by molar-refractivity contribution is 6.35. The molecule has 16 heavy (non-hydrogen) atoms. The van der Waals surface area contributed by atoms with Crippen molar-refractivity contribution in [3.8, 4) is 0 Å². The quantitative estimate of drug-likeness (QED) is 0.877. The maximum atomic E-state index is 6.02. The Morgan fingerprint density at radius 1 is 1.25 bits per heavy atom. The van der Waals surface area contributed by atoms with Gasteiger partial charge in [-0.15, -0.1) is 10.2 Å². The Balaban J connectivity index is 1.90. The van der Waals surface area contributed by atoms with Crippen molar-refractivity contribution in [2.45, 2.75) is 13.1 Å². The molecule has 0 fully saturated rings. The van der Waals surface area contributed by atoms with Crippen molar-refractivity contribution in [3.05, 3.63) is 39.6 Å². The van der Waals surface area contributed by atoms with Crippen LogP contribution in [0.1, 0.15) is 11.4 Å². The Morgan fingerprint density at radius 2 is 2.12 bits per heavy atom. The van der Waals surface area contributed by atoms with E-state index in [1.54, 1.807) is 12.1 Å². The largest absolute Gasteiger partial charge is 0.306 e. The molecule has 0 saturated carbocycles. The van der Waals surface area contributed by atoms with Gasteiger partial charge in [-0.1, -0.05) is 34.5 Å². The van der Waals surface area contributed by atoms with E-state index in [1.165, 1.54) is 0 Å². The van der Waals surface area contributed by atoms with Gasteiger partial charge >= 0.3 is 0 Å². The van der Waals surface area contributed by atoms with E-state index in [0.717, 1.165) is 5.56 Å². The summed E-state index contributed by atoms with van der Waals surface area (Å²) < 4.78 is 0. The molecule has 1 aromatic carbocycles. The van der Waals surface area contributed by atoms with Gasteiger partial charge in [0.05, 0.1) is 6.54 Å². The van der Waals surface area contributed by atoms with Crippen LogP contribution in [-0.2, 0) is 13.1 Å². The molecule has 2 aromatic rings. The number of benzene rings is 1. The van der Waals surface area contributed by atoms with Gasteiger partial charge in [-0.05, 0) is 17.7 Å². The van der Waals surface area contributed by atoms with Crippen molar-refractivity contribution in [2.24, 2.45) is 0 Å². The third-order valence-corrected chi connectivity index (χ3v) is 2.59. The topological polar surface area (TPSA) is 66.5 Å². The van der Waals surface area contributed by atoms with Gasteiger partial charge in [-0.2, -0.15) is 5.21 Å². The number of rotatable bonds is 4. The predicted octanol–water partition coefficient (Wildman–Crippen LogP) is 1.80. The maximum Gasteiger partial charge on any atom is 0.188 e. The van der Waals surface area contributed by atoms with E-state index in [2.05, 4.69) is 25.9 Å². The van der Waals surface area contributed by atoms with Crippen molar-refractivity contribution in [1.29, 1.82) is 0 Å². The number of hydrogen-bond donors (Lipinski definition) is 2. The zero-order chi connectivity index (χ0) is 11.4. The lowest BCUT2D eigenvalue weighted by Gasteiger charge is -2.05. The number of halogens is 2. The Bertz CT molecular complexity index is 457. The van der Waals surface area contributed by atoms with E-state index in [1.807, 2.05) is 6.07 Å². The van der Waals surface area contributed by atoms with Gasteiger partial charge in [0.25, 0.3) is 0 Å². The first-order chi connectivity index (χ1) is 7.75. The average molecular weight is 258 g/mol. The normalized spacial score (nSPS) is 10.6. The second kappa shape index (κ2) is 5.25. The van der Waals surface area contributed by atoms with Crippen molar-refractivity contribution in [1.82, 2.24) is 25.9 Å². The number of aromatic amines is 1. The molecule has 0 spiro atoms. The molecule has 0 aliphatic rings. The van der Waals surface area contributed by atoms with Crippen LogP contribution < -0.4 is 5.32 Å². The smallest absolute Gasteiger partial charge is 0.188 e. The van der Waals surface area contributed by atoms with E-state index in [4.69, 9.17) is 23.2 Å². The second-order valence-corrected chi connectivity index (χ2v) is 4.01. The molecule has 0 atom stereocenters. The highest BCUT2D eigenvalue weighted by Crippen LogP contribution is 2.20. The standard InChI is InChI=1S/C9H9Cl2N5/c10-7-2-1-6(8(11)3-7)4-12-5-9-13-15-16-14-9/h1-3,12H,4-5H2,(H,13,14,15,16). The molecule has 0 aliphatic heterocycles. The fraction of sp³-hybridized carbons (Fsp3) is 0.222. The van der Waals surface area contributed by atoms with Crippen LogP contribution in [0.5, 0.6) is 0 Å². The molecule has 0 bridgehead atoms. The summed E-state index contributed by atoms with van der Waals surface area (Å²) in [7, 11) is 0. The van der Waals surface area contributed by atoms with E-state index < -0.39 is 0 Å². The minimum atomic E-state index is 0.537. The highest BCUT2D eigenvalue weighted by Gasteiger charge is 2.02. The first-order valence-corrected chi connectivity index (χ1v) is 5.38. The summed E-state index contributed by atoms with van der Waals surface area (Å²) >= 11 is 11.8. The molecule has 7 heteroatoms. The first kappa shape index (κ1) is 11.3. The molecule has 0 amide bonds. The van der Waals surface area contributed by atoms with Crippen LogP contribution in [0.4, 0.5) is 0 Å². The molecule has 0 radical (unpaired) electrons. The lowest BCUT2D eigenvalue weighted by atomic mass is 10.2. The van der Waals surface area contributed by atoms with Gasteiger partial charge in [0.15, 0.2) is 5.82 Å². The van der Waals surface area contributed by atoms with Crippen LogP contribution >= 0.6 is 23.2 Å².